The van der Waals surface area contributed by atoms with E-state index >= 15 is 0 Å². The molecule has 18 heavy (non-hydrogen) atoms. The molecule has 0 radical (unpaired) electrons. The fourth-order valence-electron chi connectivity index (χ4n) is 3.34. The molecule has 0 saturated heterocycles. The van der Waals surface area contributed by atoms with Crippen LogP contribution < -0.4 is 5.32 Å². The van der Waals surface area contributed by atoms with E-state index in [1.807, 2.05) is 0 Å². The van der Waals surface area contributed by atoms with Crippen LogP contribution in [0.3, 0.4) is 0 Å². The zero-order chi connectivity index (χ0) is 13.1. The molecule has 1 aliphatic carbocycles. The average Bonchev–Trinajstić information content (AvgIpc) is 2.37. The van der Waals surface area contributed by atoms with Gasteiger partial charge in [-0.25, -0.2) is 0 Å². The van der Waals surface area contributed by atoms with Crippen molar-refractivity contribution < 1.29 is 0 Å². The van der Waals surface area contributed by atoms with E-state index in [9.17, 15) is 0 Å². The third-order valence-electron chi connectivity index (χ3n) is 4.86. The van der Waals surface area contributed by atoms with E-state index in [2.05, 4.69) is 57.4 Å². The zero-order valence-corrected chi connectivity index (χ0v) is 12.2. The van der Waals surface area contributed by atoms with Crippen molar-refractivity contribution in [3.8, 4) is 0 Å². The average molecular weight is 245 g/mol. The van der Waals surface area contributed by atoms with Crippen molar-refractivity contribution in [2.45, 2.75) is 46.1 Å². The fourth-order valence-corrected chi connectivity index (χ4v) is 3.34. The second-order valence-electron chi connectivity index (χ2n) is 6.20. The summed E-state index contributed by atoms with van der Waals surface area (Å²) in [5, 5.41) is 3.54. The van der Waals surface area contributed by atoms with Gasteiger partial charge in [-0.2, -0.15) is 0 Å². The molecule has 1 aromatic carbocycles. The maximum Gasteiger partial charge on any atom is 0.0346 e. The third-order valence-corrected chi connectivity index (χ3v) is 4.86. The van der Waals surface area contributed by atoms with Crippen LogP contribution in [0.15, 0.2) is 24.3 Å². The van der Waals surface area contributed by atoms with Crippen molar-refractivity contribution in [3.63, 3.8) is 0 Å². The number of hydrogen-bond acceptors (Lipinski definition) is 1. The molecule has 0 amide bonds. The third kappa shape index (κ3) is 2.95. The van der Waals surface area contributed by atoms with Gasteiger partial charge < -0.3 is 5.32 Å². The van der Waals surface area contributed by atoms with Gasteiger partial charge in [0.1, 0.15) is 0 Å². The molecule has 0 aliphatic heterocycles. The first-order valence-corrected chi connectivity index (χ1v) is 7.35. The van der Waals surface area contributed by atoms with Crippen LogP contribution in [0.5, 0.6) is 0 Å². The van der Waals surface area contributed by atoms with E-state index in [1.165, 1.54) is 30.4 Å². The first-order valence-electron chi connectivity index (χ1n) is 7.35. The predicted molar refractivity (Wildman–Crippen MR) is 78.6 cm³/mol. The first kappa shape index (κ1) is 13.6. The highest BCUT2D eigenvalue weighted by molar-refractivity contribution is 5.24. The van der Waals surface area contributed by atoms with E-state index in [0.29, 0.717) is 6.04 Å². The summed E-state index contributed by atoms with van der Waals surface area (Å²) in [6, 6.07) is 9.57. The van der Waals surface area contributed by atoms with Crippen LogP contribution in [0.25, 0.3) is 0 Å². The standard InChI is InChI=1S/C17H27N/c1-12-5-8-15(9-6-12)17(18-4)16-10-7-13(2)14(3)11-16/h5-6,8-9,13-14,16-18H,7,10-11H2,1-4H3. The molecular formula is C17H27N. The van der Waals surface area contributed by atoms with Gasteiger partial charge >= 0.3 is 0 Å². The number of rotatable bonds is 3. The second kappa shape index (κ2) is 5.88. The highest BCUT2D eigenvalue weighted by Gasteiger charge is 2.30. The zero-order valence-electron chi connectivity index (χ0n) is 12.2. The smallest absolute Gasteiger partial charge is 0.0346 e. The molecule has 1 fully saturated rings. The SMILES string of the molecule is CNC(c1ccc(C)cc1)C1CCC(C)C(C)C1. The lowest BCUT2D eigenvalue weighted by Gasteiger charge is -2.37. The molecule has 1 aromatic rings. The molecule has 4 unspecified atom stereocenters. The monoisotopic (exact) mass is 245 g/mol. The molecule has 1 N–H and O–H groups in total. The molecular weight excluding hydrogens is 218 g/mol. The summed E-state index contributed by atoms with van der Waals surface area (Å²) >= 11 is 0. The summed E-state index contributed by atoms with van der Waals surface area (Å²) in [7, 11) is 2.10. The van der Waals surface area contributed by atoms with Crippen molar-refractivity contribution >= 4 is 0 Å². The Balaban J connectivity index is 2.11. The van der Waals surface area contributed by atoms with Crippen LogP contribution in [0, 0.1) is 24.7 Å². The molecule has 100 valence electrons. The number of hydrogen-bond donors (Lipinski definition) is 1. The molecule has 4 atom stereocenters. The van der Waals surface area contributed by atoms with Crippen molar-refractivity contribution in [2.75, 3.05) is 7.05 Å². The maximum atomic E-state index is 3.54. The molecule has 0 heterocycles. The minimum absolute atomic E-state index is 0.528. The minimum Gasteiger partial charge on any atom is -0.313 e. The van der Waals surface area contributed by atoms with Gasteiger partial charge in [0.2, 0.25) is 0 Å². The summed E-state index contributed by atoms with van der Waals surface area (Å²) in [6.45, 7) is 6.97. The van der Waals surface area contributed by atoms with E-state index in [-0.39, 0.29) is 0 Å². The topological polar surface area (TPSA) is 12.0 Å². The summed E-state index contributed by atoms with van der Waals surface area (Å²) in [6.07, 6.45) is 4.11. The Bertz CT molecular complexity index is 368. The summed E-state index contributed by atoms with van der Waals surface area (Å²) < 4.78 is 0. The van der Waals surface area contributed by atoms with Gasteiger partial charge in [-0.1, -0.05) is 50.1 Å². The molecule has 2 rings (SSSR count). The summed E-state index contributed by atoms with van der Waals surface area (Å²) in [5.74, 6) is 2.56. The predicted octanol–water partition coefficient (Wildman–Crippen LogP) is 4.33. The van der Waals surface area contributed by atoms with Crippen LogP contribution >= 0.6 is 0 Å². The van der Waals surface area contributed by atoms with Gasteiger partial charge in [-0.15, -0.1) is 0 Å². The molecule has 0 aromatic heterocycles. The van der Waals surface area contributed by atoms with Gasteiger partial charge in [0.05, 0.1) is 0 Å². The number of benzene rings is 1. The van der Waals surface area contributed by atoms with Gasteiger partial charge in [0.15, 0.2) is 0 Å². The number of nitrogens with one attached hydrogen (secondary N) is 1. The van der Waals surface area contributed by atoms with Gasteiger partial charge in [0, 0.05) is 6.04 Å². The van der Waals surface area contributed by atoms with Crippen LogP contribution in [-0.2, 0) is 0 Å². The molecule has 1 saturated carbocycles. The van der Waals surface area contributed by atoms with E-state index in [0.717, 1.165) is 17.8 Å². The highest BCUT2D eigenvalue weighted by atomic mass is 14.9. The van der Waals surface area contributed by atoms with Gasteiger partial charge in [0.25, 0.3) is 0 Å². The maximum absolute atomic E-state index is 3.54. The van der Waals surface area contributed by atoms with Crippen LogP contribution in [0.2, 0.25) is 0 Å². The fraction of sp³-hybridized carbons (Fsp3) is 0.647. The summed E-state index contributed by atoms with van der Waals surface area (Å²) in [5.41, 5.74) is 2.80. The van der Waals surface area contributed by atoms with Gasteiger partial charge in [-0.05, 0) is 50.1 Å². The van der Waals surface area contributed by atoms with Crippen LogP contribution in [-0.4, -0.2) is 7.05 Å². The first-order chi connectivity index (χ1) is 8.61. The van der Waals surface area contributed by atoms with Gasteiger partial charge in [-0.3, -0.25) is 0 Å². The van der Waals surface area contributed by atoms with E-state index in [4.69, 9.17) is 0 Å². The van der Waals surface area contributed by atoms with Crippen molar-refractivity contribution in [1.29, 1.82) is 0 Å². The quantitative estimate of drug-likeness (QED) is 0.836. The molecule has 1 nitrogen and oxygen atoms in total. The Morgan fingerprint density at radius 2 is 1.72 bits per heavy atom. The Labute approximate surface area is 112 Å². The van der Waals surface area contributed by atoms with Crippen molar-refractivity contribution in [3.05, 3.63) is 35.4 Å². The summed E-state index contributed by atoms with van der Waals surface area (Å²) in [4.78, 5) is 0. The number of aryl methyl sites for hydroxylation is 1. The van der Waals surface area contributed by atoms with Crippen molar-refractivity contribution in [2.24, 2.45) is 17.8 Å². The Morgan fingerprint density at radius 3 is 2.28 bits per heavy atom. The largest absolute Gasteiger partial charge is 0.313 e. The van der Waals surface area contributed by atoms with E-state index < -0.39 is 0 Å². The van der Waals surface area contributed by atoms with Crippen LogP contribution in [0.1, 0.15) is 50.3 Å². The second-order valence-corrected chi connectivity index (χ2v) is 6.20. The van der Waals surface area contributed by atoms with E-state index in [1.54, 1.807) is 0 Å². The Kier molecular flexibility index (Phi) is 4.45. The molecule has 0 spiro atoms. The molecule has 1 heteroatoms. The van der Waals surface area contributed by atoms with Crippen LogP contribution in [0.4, 0.5) is 0 Å². The Hall–Kier alpha value is -0.820. The lowest BCUT2D eigenvalue weighted by atomic mass is 9.72. The Morgan fingerprint density at radius 1 is 1.06 bits per heavy atom. The molecule has 1 aliphatic rings. The lowest BCUT2D eigenvalue weighted by Crippen LogP contribution is -2.31. The highest BCUT2D eigenvalue weighted by Crippen LogP contribution is 2.39. The van der Waals surface area contributed by atoms with Crippen molar-refractivity contribution in [1.82, 2.24) is 5.32 Å². The minimum atomic E-state index is 0.528. The normalized spacial score (nSPS) is 30.1. The molecule has 0 bridgehead atoms. The lowest BCUT2D eigenvalue weighted by molar-refractivity contribution is 0.174.